The highest BCUT2D eigenvalue weighted by atomic mass is 14.3. The van der Waals surface area contributed by atoms with Crippen molar-refractivity contribution in [1.82, 2.24) is 0 Å². The van der Waals surface area contributed by atoms with Gasteiger partial charge in [0.05, 0.1) is 6.07 Å². The summed E-state index contributed by atoms with van der Waals surface area (Å²) in [5.74, 6) is 0. The van der Waals surface area contributed by atoms with Crippen LogP contribution in [0.4, 0.5) is 0 Å². The largest absolute Gasteiger partial charge is 0.193 e. The Kier molecular flexibility index (Phi) is 3.07. The summed E-state index contributed by atoms with van der Waals surface area (Å²) in [6, 6.07) is 2.03. The Morgan fingerprint density at radius 2 is 1.91 bits per heavy atom. The van der Waals surface area contributed by atoms with Crippen molar-refractivity contribution in [2.24, 2.45) is 5.41 Å². The van der Waals surface area contributed by atoms with Crippen LogP contribution in [-0.4, -0.2) is 0 Å². The quantitative estimate of drug-likeness (QED) is 0.415. The van der Waals surface area contributed by atoms with Gasteiger partial charge in [-0.1, -0.05) is 32.9 Å². The Bertz CT molecular complexity index is 220. The zero-order chi connectivity index (χ0) is 9.07. The summed E-state index contributed by atoms with van der Waals surface area (Å²) < 4.78 is 0. The topological polar surface area (TPSA) is 23.8 Å². The predicted octanol–water partition coefficient (Wildman–Crippen LogP) is 3.06. The van der Waals surface area contributed by atoms with E-state index in [9.17, 15) is 0 Å². The summed E-state index contributed by atoms with van der Waals surface area (Å²) in [6.45, 7) is 12.0. The number of nitriles is 1. The number of rotatable bonds is 1. The summed E-state index contributed by atoms with van der Waals surface area (Å²) in [6.07, 6.45) is 1.57. The van der Waals surface area contributed by atoms with Gasteiger partial charge >= 0.3 is 0 Å². The number of hydrogen-bond donors (Lipinski definition) is 0. The molecule has 0 aliphatic carbocycles. The van der Waals surface area contributed by atoms with Gasteiger partial charge in [0.15, 0.2) is 0 Å². The molecule has 0 aromatic carbocycles. The van der Waals surface area contributed by atoms with E-state index in [0.29, 0.717) is 0 Å². The second kappa shape index (κ2) is 3.39. The minimum Gasteiger partial charge on any atom is -0.193 e. The standard InChI is InChI=1S/C10H15N/c1-8(2)9(6-7-11)10(3,4)5/h6H,1H2,2-5H3/b9-6+. The normalized spacial score (nSPS) is 12.5. The Morgan fingerprint density at radius 1 is 1.45 bits per heavy atom. The van der Waals surface area contributed by atoms with Crippen LogP contribution in [0.1, 0.15) is 27.7 Å². The fraction of sp³-hybridized carbons (Fsp3) is 0.500. The van der Waals surface area contributed by atoms with Crippen LogP contribution < -0.4 is 0 Å². The molecule has 0 saturated heterocycles. The zero-order valence-electron chi connectivity index (χ0n) is 7.73. The van der Waals surface area contributed by atoms with Crippen LogP contribution in [-0.2, 0) is 0 Å². The molecule has 0 rings (SSSR count). The minimum absolute atomic E-state index is 0.0293. The van der Waals surface area contributed by atoms with E-state index in [0.717, 1.165) is 11.1 Å². The first kappa shape index (κ1) is 9.97. The monoisotopic (exact) mass is 149 g/mol. The highest BCUT2D eigenvalue weighted by Crippen LogP contribution is 2.29. The molecule has 0 amide bonds. The molecule has 0 N–H and O–H groups in total. The average Bonchev–Trinajstić information content (AvgIpc) is 1.79. The van der Waals surface area contributed by atoms with Crippen molar-refractivity contribution >= 4 is 0 Å². The Balaban J connectivity index is 4.82. The van der Waals surface area contributed by atoms with Gasteiger partial charge in [-0.05, 0) is 17.9 Å². The lowest BCUT2D eigenvalue weighted by atomic mass is 9.83. The second-order valence-corrected chi connectivity index (χ2v) is 3.72. The Morgan fingerprint density at radius 3 is 2.00 bits per heavy atom. The van der Waals surface area contributed by atoms with Crippen LogP contribution in [0.5, 0.6) is 0 Å². The Hall–Kier alpha value is -1.03. The molecule has 1 nitrogen and oxygen atoms in total. The fourth-order valence-electron chi connectivity index (χ4n) is 1.04. The molecule has 0 radical (unpaired) electrons. The van der Waals surface area contributed by atoms with Gasteiger partial charge in [-0.15, -0.1) is 0 Å². The molecule has 0 aromatic heterocycles. The number of hydrogen-bond acceptors (Lipinski definition) is 1. The van der Waals surface area contributed by atoms with Gasteiger partial charge in [0.25, 0.3) is 0 Å². The number of allylic oxidation sites excluding steroid dienone is 3. The summed E-state index contributed by atoms with van der Waals surface area (Å²) in [5, 5.41) is 8.48. The van der Waals surface area contributed by atoms with E-state index in [1.54, 1.807) is 6.08 Å². The lowest BCUT2D eigenvalue weighted by molar-refractivity contribution is 0.511. The van der Waals surface area contributed by atoms with E-state index in [1.165, 1.54) is 0 Å². The molecule has 0 bridgehead atoms. The Labute approximate surface area is 69.0 Å². The molecular weight excluding hydrogens is 134 g/mol. The van der Waals surface area contributed by atoms with Crippen molar-refractivity contribution in [2.45, 2.75) is 27.7 Å². The maximum Gasteiger partial charge on any atom is 0.0915 e. The lowest BCUT2D eigenvalue weighted by Crippen LogP contribution is -2.09. The van der Waals surface area contributed by atoms with Crippen LogP contribution in [0.25, 0.3) is 0 Å². The summed E-state index contributed by atoms with van der Waals surface area (Å²) in [7, 11) is 0. The third-order valence-electron chi connectivity index (χ3n) is 1.48. The lowest BCUT2D eigenvalue weighted by Gasteiger charge is -2.22. The van der Waals surface area contributed by atoms with Crippen LogP contribution >= 0.6 is 0 Å². The average molecular weight is 149 g/mol. The summed E-state index contributed by atoms with van der Waals surface area (Å²) in [5.41, 5.74) is 2.03. The van der Waals surface area contributed by atoms with Gasteiger partial charge in [0.2, 0.25) is 0 Å². The molecule has 0 spiro atoms. The molecule has 11 heavy (non-hydrogen) atoms. The molecule has 0 fully saturated rings. The SMILES string of the molecule is C=C(C)/C(=C\C#N)C(C)(C)C. The van der Waals surface area contributed by atoms with Gasteiger partial charge < -0.3 is 0 Å². The zero-order valence-corrected chi connectivity index (χ0v) is 7.73. The molecule has 0 atom stereocenters. The van der Waals surface area contributed by atoms with Gasteiger partial charge in [-0.2, -0.15) is 5.26 Å². The summed E-state index contributed by atoms with van der Waals surface area (Å²) in [4.78, 5) is 0. The highest BCUT2D eigenvalue weighted by molar-refractivity contribution is 5.35. The molecule has 0 aliphatic rings. The van der Waals surface area contributed by atoms with Crippen molar-refractivity contribution < 1.29 is 0 Å². The highest BCUT2D eigenvalue weighted by Gasteiger charge is 2.16. The van der Waals surface area contributed by atoms with Gasteiger partial charge in [0.1, 0.15) is 0 Å². The van der Waals surface area contributed by atoms with Crippen LogP contribution in [0.2, 0.25) is 0 Å². The van der Waals surface area contributed by atoms with Gasteiger partial charge in [0, 0.05) is 6.08 Å². The molecule has 1 heteroatoms. The van der Waals surface area contributed by atoms with E-state index in [1.807, 2.05) is 13.0 Å². The maximum atomic E-state index is 8.48. The van der Waals surface area contributed by atoms with Crippen LogP contribution in [0, 0.1) is 16.7 Å². The molecule has 0 saturated carbocycles. The van der Waals surface area contributed by atoms with Gasteiger partial charge in [-0.25, -0.2) is 0 Å². The first-order chi connectivity index (χ1) is 4.89. The third-order valence-corrected chi connectivity index (χ3v) is 1.48. The first-order valence-corrected chi connectivity index (χ1v) is 3.65. The molecule has 0 aliphatic heterocycles. The number of nitrogens with zero attached hydrogens (tertiary/aromatic N) is 1. The smallest absolute Gasteiger partial charge is 0.0915 e. The van der Waals surface area contributed by atoms with Crippen molar-refractivity contribution in [2.75, 3.05) is 0 Å². The van der Waals surface area contributed by atoms with Gasteiger partial charge in [-0.3, -0.25) is 0 Å². The van der Waals surface area contributed by atoms with E-state index < -0.39 is 0 Å². The first-order valence-electron chi connectivity index (χ1n) is 3.65. The summed E-state index contributed by atoms with van der Waals surface area (Å²) >= 11 is 0. The van der Waals surface area contributed by atoms with Crippen LogP contribution in [0.3, 0.4) is 0 Å². The van der Waals surface area contributed by atoms with Crippen LogP contribution in [0.15, 0.2) is 23.8 Å². The second-order valence-electron chi connectivity index (χ2n) is 3.72. The van der Waals surface area contributed by atoms with Crippen molar-refractivity contribution in [1.29, 1.82) is 5.26 Å². The third kappa shape index (κ3) is 3.04. The van der Waals surface area contributed by atoms with E-state index in [-0.39, 0.29) is 5.41 Å². The van der Waals surface area contributed by atoms with E-state index in [4.69, 9.17) is 5.26 Å². The molecular formula is C10H15N. The maximum absolute atomic E-state index is 8.48. The molecule has 0 unspecified atom stereocenters. The fourth-order valence-corrected chi connectivity index (χ4v) is 1.04. The van der Waals surface area contributed by atoms with Crippen molar-refractivity contribution in [3.63, 3.8) is 0 Å². The van der Waals surface area contributed by atoms with Crippen molar-refractivity contribution in [3.05, 3.63) is 23.8 Å². The molecule has 0 heterocycles. The molecule has 0 aromatic rings. The van der Waals surface area contributed by atoms with Crippen molar-refractivity contribution in [3.8, 4) is 6.07 Å². The van der Waals surface area contributed by atoms with E-state index in [2.05, 4.69) is 27.4 Å². The predicted molar refractivity (Wildman–Crippen MR) is 48.0 cm³/mol. The minimum atomic E-state index is 0.0293. The molecule has 60 valence electrons. The van der Waals surface area contributed by atoms with E-state index >= 15 is 0 Å².